The van der Waals surface area contributed by atoms with Crippen LogP contribution in [0.25, 0.3) is 0 Å². The second-order valence-corrected chi connectivity index (χ2v) is 4.56. The summed E-state index contributed by atoms with van der Waals surface area (Å²) in [4.78, 5) is 0. The Morgan fingerprint density at radius 1 is 1.25 bits per heavy atom. The molecule has 7 heteroatoms. The van der Waals surface area contributed by atoms with Crippen molar-refractivity contribution in [2.75, 3.05) is 26.9 Å². The van der Waals surface area contributed by atoms with Crippen molar-refractivity contribution in [1.82, 2.24) is 5.32 Å². The molecule has 0 heterocycles. The average Bonchev–Trinajstić information content (AvgIpc) is 2.36. The molecule has 0 aliphatic heterocycles. The van der Waals surface area contributed by atoms with Gasteiger partial charge in [0.1, 0.15) is 5.75 Å². The summed E-state index contributed by atoms with van der Waals surface area (Å²) in [6.45, 7) is 1.48. The Kier molecular flexibility index (Phi) is 7.12. The number of alkyl halides is 3. The molecule has 0 aliphatic rings. The van der Waals surface area contributed by atoms with Crippen LogP contribution in [0.5, 0.6) is 5.75 Å². The lowest BCUT2D eigenvalue weighted by Gasteiger charge is -2.11. The molecule has 0 radical (unpaired) electrons. The molecule has 20 heavy (non-hydrogen) atoms. The Balaban J connectivity index is 2.43. The first-order valence-corrected chi connectivity index (χ1v) is 6.48. The standard InChI is InChI=1S/C13H17ClF3NO2/c1-19-7-5-18-9-10-2-3-12(11(14)8-10)20-6-4-13(15,16)17/h2-3,8,18H,4-7,9H2,1H3. The van der Waals surface area contributed by atoms with Crippen LogP contribution in [0.1, 0.15) is 12.0 Å². The summed E-state index contributed by atoms with van der Waals surface area (Å²) in [6.07, 6.45) is -5.22. The fraction of sp³-hybridized carbons (Fsp3) is 0.538. The van der Waals surface area contributed by atoms with Gasteiger partial charge in [0, 0.05) is 20.2 Å². The van der Waals surface area contributed by atoms with Gasteiger partial charge in [0.25, 0.3) is 0 Å². The molecule has 0 aliphatic carbocycles. The summed E-state index contributed by atoms with van der Waals surface area (Å²) in [5.41, 5.74) is 0.925. The van der Waals surface area contributed by atoms with Gasteiger partial charge in [-0.25, -0.2) is 0 Å². The van der Waals surface area contributed by atoms with Gasteiger partial charge >= 0.3 is 6.18 Å². The fourth-order valence-corrected chi connectivity index (χ4v) is 1.71. The Morgan fingerprint density at radius 3 is 2.60 bits per heavy atom. The van der Waals surface area contributed by atoms with Crippen molar-refractivity contribution in [3.63, 3.8) is 0 Å². The molecule has 0 amide bonds. The summed E-state index contributed by atoms with van der Waals surface area (Å²) >= 11 is 5.96. The van der Waals surface area contributed by atoms with E-state index in [0.29, 0.717) is 24.7 Å². The molecular formula is C13H17ClF3NO2. The van der Waals surface area contributed by atoms with E-state index in [0.717, 1.165) is 5.56 Å². The molecule has 1 aromatic carbocycles. The number of hydrogen-bond acceptors (Lipinski definition) is 3. The van der Waals surface area contributed by atoms with E-state index >= 15 is 0 Å². The number of rotatable bonds is 8. The van der Waals surface area contributed by atoms with Crippen LogP contribution in [-0.2, 0) is 11.3 Å². The van der Waals surface area contributed by atoms with Crippen molar-refractivity contribution < 1.29 is 22.6 Å². The summed E-state index contributed by atoms with van der Waals surface area (Å²) in [5, 5.41) is 3.44. The molecule has 0 fully saturated rings. The Labute approximate surface area is 121 Å². The van der Waals surface area contributed by atoms with E-state index in [9.17, 15) is 13.2 Å². The van der Waals surface area contributed by atoms with Gasteiger partial charge < -0.3 is 14.8 Å². The van der Waals surface area contributed by atoms with E-state index in [1.54, 1.807) is 25.3 Å². The Bertz CT molecular complexity index is 413. The van der Waals surface area contributed by atoms with Crippen LogP contribution in [0.4, 0.5) is 13.2 Å². The Morgan fingerprint density at radius 2 is 2.00 bits per heavy atom. The zero-order valence-electron chi connectivity index (χ0n) is 11.1. The molecule has 1 N–H and O–H groups in total. The SMILES string of the molecule is COCCNCc1ccc(OCCC(F)(F)F)c(Cl)c1. The molecule has 0 aromatic heterocycles. The van der Waals surface area contributed by atoms with Crippen LogP contribution in [0.2, 0.25) is 5.02 Å². The third-order valence-corrected chi connectivity index (χ3v) is 2.75. The molecule has 1 aromatic rings. The molecule has 3 nitrogen and oxygen atoms in total. The van der Waals surface area contributed by atoms with Crippen molar-refractivity contribution in [3.05, 3.63) is 28.8 Å². The maximum atomic E-state index is 12.0. The van der Waals surface area contributed by atoms with Crippen molar-refractivity contribution >= 4 is 11.6 Å². The number of benzene rings is 1. The quantitative estimate of drug-likeness (QED) is 0.746. The van der Waals surface area contributed by atoms with Gasteiger partial charge in [0.2, 0.25) is 0 Å². The molecule has 0 saturated carbocycles. The van der Waals surface area contributed by atoms with Crippen molar-refractivity contribution in [2.24, 2.45) is 0 Å². The Hall–Kier alpha value is -0.980. The van der Waals surface area contributed by atoms with Gasteiger partial charge in [-0.1, -0.05) is 17.7 Å². The molecule has 0 saturated heterocycles. The smallest absolute Gasteiger partial charge is 0.392 e. The summed E-state index contributed by atoms with van der Waals surface area (Å²) in [6, 6.07) is 5.00. The summed E-state index contributed by atoms with van der Waals surface area (Å²) < 4.78 is 45.9. The number of halogens is 4. The van der Waals surface area contributed by atoms with E-state index in [-0.39, 0.29) is 5.75 Å². The van der Waals surface area contributed by atoms with Gasteiger partial charge in [-0.2, -0.15) is 13.2 Å². The van der Waals surface area contributed by atoms with Crippen LogP contribution in [0.3, 0.4) is 0 Å². The second-order valence-electron chi connectivity index (χ2n) is 4.15. The topological polar surface area (TPSA) is 30.5 Å². The number of nitrogens with one attached hydrogen (secondary N) is 1. The first kappa shape index (κ1) is 17.1. The summed E-state index contributed by atoms with van der Waals surface area (Å²) in [5.74, 6) is 0.261. The minimum Gasteiger partial charge on any atom is -0.492 e. The van der Waals surface area contributed by atoms with E-state index in [4.69, 9.17) is 21.1 Å². The highest BCUT2D eigenvalue weighted by atomic mass is 35.5. The zero-order chi connectivity index (χ0) is 15.0. The molecule has 0 unspecified atom stereocenters. The van der Waals surface area contributed by atoms with Crippen LogP contribution in [0.15, 0.2) is 18.2 Å². The highest BCUT2D eigenvalue weighted by Crippen LogP contribution is 2.27. The molecule has 0 bridgehead atoms. The first-order chi connectivity index (χ1) is 9.42. The predicted molar refractivity (Wildman–Crippen MR) is 71.2 cm³/mol. The molecule has 1 rings (SSSR count). The van der Waals surface area contributed by atoms with Crippen LogP contribution < -0.4 is 10.1 Å². The van der Waals surface area contributed by atoms with E-state index in [1.165, 1.54) is 0 Å². The van der Waals surface area contributed by atoms with Crippen molar-refractivity contribution in [1.29, 1.82) is 0 Å². The highest BCUT2D eigenvalue weighted by Gasteiger charge is 2.26. The average molecular weight is 312 g/mol. The number of ether oxygens (including phenoxy) is 2. The molecule has 0 spiro atoms. The maximum absolute atomic E-state index is 12.0. The monoisotopic (exact) mass is 311 g/mol. The van der Waals surface area contributed by atoms with Gasteiger partial charge in [-0.3, -0.25) is 0 Å². The van der Waals surface area contributed by atoms with E-state index in [1.807, 2.05) is 0 Å². The zero-order valence-corrected chi connectivity index (χ0v) is 11.9. The van der Waals surface area contributed by atoms with E-state index < -0.39 is 19.2 Å². The van der Waals surface area contributed by atoms with Crippen molar-refractivity contribution in [3.8, 4) is 5.75 Å². The third kappa shape index (κ3) is 6.98. The predicted octanol–water partition coefficient (Wildman–Crippen LogP) is 3.41. The van der Waals surface area contributed by atoms with Crippen molar-refractivity contribution in [2.45, 2.75) is 19.1 Å². The minimum atomic E-state index is -4.22. The second kappa shape index (κ2) is 8.34. The molecular weight excluding hydrogens is 295 g/mol. The first-order valence-electron chi connectivity index (χ1n) is 6.10. The highest BCUT2D eigenvalue weighted by molar-refractivity contribution is 6.32. The van der Waals surface area contributed by atoms with Gasteiger partial charge in [0.15, 0.2) is 0 Å². The lowest BCUT2D eigenvalue weighted by Crippen LogP contribution is -2.18. The number of methoxy groups -OCH3 is 1. The van der Waals surface area contributed by atoms with Gasteiger partial charge in [-0.05, 0) is 17.7 Å². The maximum Gasteiger partial charge on any atom is 0.392 e. The summed E-state index contributed by atoms with van der Waals surface area (Å²) in [7, 11) is 1.62. The molecule has 0 atom stereocenters. The van der Waals surface area contributed by atoms with E-state index in [2.05, 4.69) is 5.32 Å². The van der Waals surface area contributed by atoms with Crippen LogP contribution >= 0.6 is 11.6 Å². The number of hydrogen-bond donors (Lipinski definition) is 1. The lowest BCUT2D eigenvalue weighted by atomic mass is 10.2. The minimum absolute atomic E-state index is 0.261. The fourth-order valence-electron chi connectivity index (χ4n) is 1.46. The largest absolute Gasteiger partial charge is 0.492 e. The van der Waals surface area contributed by atoms with Crippen LogP contribution in [0, 0.1) is 0 Å². The van der Waals surface area contributed by atoms with Gasteiger partial charge in [-0.15, -0.1) is 0 Å². The molecule has 114 valence electrons. The third-order valence-electron chi connectivity index (χ3n) is 2.45. The van der Waals surface area contributed by atoms with Gasteiger partial charge in [0.05, 0.1) is 24.7 Å². The lowest BCUT2D eigenvalue weighted by molar-refractivity contribution is -0.139. The van der Waals surface area contributed by atoms with Crippen LogP contribution in [-0.4, -0.2) is 33.0 Å². The normalized spacial score (nSPS) is 11.7.